The molecule has 0 unspecified atom stereocenters. The number of hydrogen-bond acceptors (Lipinski definition) is 2. The van der Waals surface area contributed by atoms with E-state index in [2.05, 4.69) is 129 Å². The van der Waals surface area contributed by atoms with Crippen LogP contribution < -0.4 is 0 Å². The molecule has 0 atom stereocenters. The van der Waals surface area contributed by atoms with Crippen molar-refractivity contribution in [1.29, 1.82) is 0 Å². The summed E-state index contributed by atoms with van der Waals surface area (Å²) < 4.78 is 4.70. The van der Waals surface area contributed by atoms with Gasteiger partial charge in [0.1, 0.15) is 5.82 Å². The molecule has 0 amide bonds. The summed E-state index contributed by atoms with van der Waals surface area (Å²) in [7, 11) is 0. The van der Waals surface area contributed by atoms with Crippen molar-refractivity contribution < 1.29 is 0 Å². The van der Waals surface area contributed by atoms with E-state index in [1.165, 1.54) is 48.9 Å². The molecule has 0 fully saturated rings. The van der Waals surface area contributed by atoms with Gasteiger partial charge in [-0.05, 0) is 71.6 Å². The molecule has 0 spiro atoms. The zero-order valence-corrected chi connectivity index (χ0v) is 22.6. The first-order valence-electron chi connectivity index (χ1n) is 14.2. The van der Waals surface area contributed by atoms with Crippen molar-refractivity contribution in [3.05, 3.63) is 146 Å². The minimum atomic E-state index is 0.901. The molecule has 4 aromatic heterocycles. The summed E-state index contributed by atoms with van der Waals surface area (Å²) in [6.45, 7) is 0. The Morgan fingerprint density at radius 1 is 0.452 bits per heavy atom. The lowest BCUT2D eigenvalue weighted by molar-refractivity contribution is 1.08. The predicted octanol–water partition coefficient (Wildman–Crippen LogP) is 9.49. The van der Waals surface area contributed by atoms with Crippen molar-refractivity contribution in [3.8, 4) is 22.6 Å². The van der Waals surface area contributed by atoms with E-state index in [0.717, 1.165) is 28.1 Å². The molecule has 9 aromatic rings. The maximum absolute atomic E-state index is 5.00. The number of rotatable bonds is 3. The largest absolute Gasteiger partial charge is 0.309 e. The molecule has 4 heteroatoms. The van der Waals surface area contributed by atoms with Gasteiger partial charge in [0.25, 0.3) is 0 Å². The van der Waals surface area contributed by atoms with Crippen LogP contribution in [-0.4, -0.2) is 19.1 Å². The molecule has 9 rings (SSSR count). The molecule has 0 N–H and O–H groups in total. The van der Waals surface area contributed by atoms with E-state index < -0.39 is 0 Å². The van der Waals surface area contributed by atoms with Crippen LogP contribution in [0.3, 0.4) is 0 Å². The lowest BCUT2D eigenvalue weighted by atomic mass is 10.0. The van der Waals surface area contributed by atoms with Crippen molar-refractivity contribution in [1.82, 2.24) is 19.1 Å². The van der Waals surface area contributed by atoms with Gasteiger partial charge in [0.05, 0.1) is 22.1 Å². The summed E-state index contributed by atoms with van der Waals surface area (Å²) in [6.07, 6.45) is 5.60. The summed E-state index contributed by atoms with van der Waals surface area (Å²) in [5, 5.41) is 7.36. The maximum Gasteiger partial charge on any atom is 0.137 e. The summed E-state index contributed by atoms with van der Waals surface area (Å²) in [4.78, 5) is 9.16. The summed E-state index contributed by atoms with van der Waals surface area (Å²) in [5.41, 5.74) is 8.08. The summed E-state index contributed by atoms with van der Waals surface area (Å²) in [6, 6.07) is 45.5. The standard InChI is InChI=1S/C38H24N4/c1-2-8-28(9-3-1)41-34-12-6-5-11-30(34)33-23-32-26(22-36(33)41)14-16-31-29-10-4-7-13-35(29)42(38(31)32)37-17-15-27(24-40-37)25-18-20-39-21-19-25/h1-24H. The highest BCUT2D eigenvalue weighted by molar-refractivity contribution is 6.22. The fourth-order valence-electron chi connectivity index (χ4n) is 6.57. The normalized spacial score (nSPS) is 11.8. The Kier molecular flexibility index (Phi) is 4.87. The van der Waals surface area contributed by atoms with Gasteiger partial charge >= 0.3 is 0 Å². The molecule has 0 aliphatic heterocycles. The van der Waals surface area contributed by atoms with E-state index in [1.807, 2.05) is 30.7 Å². The molecular formula is C38H24N4. The number of para-hydroxylation sites is 3. The Bertz CT molecular complexity index is 2430. The number of nitrogens with zero attached hydrogens (tertiary/aromatic N) is 4. The van der Waals surface area contributed by atoms with E-state index in [9.17, 15) is 0 Å². The van der Waals surface area contributed by atoms with Crippen LogP contribution in [0.15, 0.2) is 146 Å². The van der Waals surface area contributed by atoms with Crippen LogP contribution >= 0.6 is 0 Å². The molecule has 0 aliphatic carbocycles. The van der Waals surface area contributed by atoms with Crippen molar-refractivity contribution >= 4 is 54.4 Å². The van der Waals surface area contributed by atoms with Crippen LogP contribution in [0, 0.1) is 0 Å². The Labute approximate surface area is 241 Å². The molecule has 42 heavy (non-hydrogen) atoms. The van der Waals surface area contributed by atoms with Crippen molar-refractivity contribution in [2.75, 3.05) is 0 Å². The number of pyridine rings is 2. The van der Waals surface area contributed by atoms with Crippen molar-refractivity contribution in [2.24, 2.45) is 0 Å². The third-order valence-corrected chi connectivity index (χ3v) is 8.45. The molecule has 0 radical (unpaired) electrons. The fraction of sp³-hybridized carbons (Fsp3) is 0. The average molecular weight is 537 g/mol. The van der Waals surface area contributed by atoms with E-state index in [-0.39, 0.29) is 0 Å². The molecule has 4 heterocycles. The monoisotopic (exact) mass is 536 g/mol. The van der Waals surface area contributed by atoms with Crippen LogP contribution in [0.4, 0.5) is 0 Å². The fourth-order valence-corrected chi connectivity index (χ4v) is 6.57. The molecule has 0 bridgehead atoms. The van der Waals surface area contributed by atoms with E-state index in [1.54, 1.807) is 0 Å². The molecule has 0 saturated carbocycles. The smallest absolute Gasteiger partial charge is 0.137 e. The van der Waals surface area contributed by atoms with Crippen LogP contribution in [0.5, 0.6) is 0 Å². The second kappa shape index (κ2) is 8.88. The van der Waals surface area contributed by atoms with Gasteiger partial charge < -0.3 is 4.57 Å². The zero-order chi connectivity index (χ0) is 27.6. The van der Waals surface area contributed by atoms with Gasteiger partial charge in [0.15, 0.2) is 0 Å². The Morgan fingerprint density at radius 3 is 1.93 bits per heavy atom. The topological polar surface area (TPSA) is 35.6 Å². The van der Waals surface area contributed by atoms with Crippen LogP contribution in [0.25, 0.3) is 77.0 Å². The number of fused-ring (bicyclic) bond motifs is 8. The Balaban J connectivity index is 1.38. The first-order valence-corrected chi connectivity index (χ1v) is 14.2. The maximum atomic E-state index is 5.00. The van der Waals surface area contributed by atoms with Gasteiger partial charge in [0, 0.05) is 56.8 Å². The minimum Gasteiger partial charge on any atom is -0.309 e. The first kappa shape index (κ1) is 23.0. The number of hydrogen-bond donors (Lipinski definition) is 0. The predicted molar refractivity (Wildman–Crippen MR) is 174 cm³/mol. The van der Waals surface area contributed by atoms with E-state index in [4.69, 9.17) is 4.98 Å². The molecule has 196 valence electrons. The van der Waals surface area contributed by atoms with Crippen LogP contribution in [0.2, 0.25) is 0 Å². The summed E-state index contributed by atoms with van der Waals surface area (Å²) in [5.74, 6) is 0.901. The van der Waals surface area contributed by atoms with Gasteiger partial charge in [-0.1, -0.05) is 66.7 Å². The molecule has 0 saturated heterocycles. The average Bonchev–Trinajstić information content (AvgIpc) is 3.57. The van der Waals surface area contributed by atoms with Gasteiger partial charge in [-0.15, -0.1) is 0 Å². The number of benzene rings is 5. The highest BCUT2D eigenvalue weighted by Crippen LogP contribution is 2.40. The van der Waals surface area contributed by atoms with E-state index >= 15 is 0 Å². The van der Waals surface area contributed by atoms with Gasteiger partial charge in [-0.25, -0.2) is 4.98 Å². The molecule has 5 aromatic carbocycles. The van der Waals surface area contributed by atoms with Gasteiger partial charge in [-0.3, -0.25) is 9.55 Å². The highest BCUT2D eigenvalue weighted by Gasteiger charge is 2.18. The van der Waals surface area contributed by atoms with E-state index in [0.29, 0.717) is 0 Å². The SMILES string of the molecule is c1ccc(-n2c3ccccc3c3cc4c(ccc5c6ccccc6n(-c6ccc(-c7ccncc7)cn6)c45)cc32)cc1. The third-order valence-electron chi connectivity index (χ3n) is 8.45. The lowest BCUT2D eigenvalue weighted by Crippen LogP contribution is -1.98. The van der Waals surface area contributed by atoms with Crippen LogP contribution in [0.1, 0.15) is 0 Å². The lowest BCUT2D eigenvalue weighted by Gasteiger charge is -2.11. The Morgan fingerprint density at radius 2 is 1.17 bits per heavy atom. The molecular weight excluding hydrogens is 512 g/mol. The van der Waals surface area contributed by atoms with Gasteiger partial charge in [0.2, 0.25) is 0 Å². The quantitative estimate of drug-likeness (QED) is 0.225. The van der Waals surface area contributed by atoms with Gasteiger partial charge in [-0.2, -0.15) is 0 Å². The second-order valence-electron chi connectivity index (χ2n) is 10.7. The second-order valence-corrected chi connectivity index (χ2v) is 10.7. The van der Waals surface area contributed by atoms with Crippen molar-refractivity contribution in [2.45, 2.75) is 0 Å². The zero-order valence-electron chi connectivity index (χ0n) is 22.6. The molecule has 4 nitrogen and oxygen atoms in total. The summed E-state index contributed by atoms with van der Waals surface area (Å²) >= 11 is 0. The molecule has 0 aliphatic rings. The first-order chi connectivity index (χ1) is 20.8. The third kappa shape index (κ3) is 3.29. The van der Waals surface area contributed by atoms with Crippen LogP contribution in [-0.2, 0) is 0 Å². The minimum absolute atomic E-state index is 0.901. The highest BCUT2D eigenvalue weighted by atomic mass is 15.1. The Hall–Kier alpha value is -5.74. The van der Waals surface area contributed by atoms with Crippen molar-refractivity contribution in [3.63, 3.8) is 0 Å². The number of aromatic nitrogens is 4.